The van der Waals surface area contributed by atoms with Gasteiger partial charge in [-0.15, -0.1) is 0 Å². The zero-order valence-corrected chi connectivity index (χ0v) is 22.1. The van der Waals surface area contributed by atoms with Gasteiger partial charge in [-0.1, -0.05) is 65.4 Å². The number of rotatable bonds is 16. The van der Waals surface area contributed by atoms with E-state index >= 15 is 0 Å². The van der Waals surface area contributed by atoms with Gasteiger partial charge in [-0.3, -0.25) is 4.79 Å². The van der Waals surface area contributed by atoms with E-state index in [2.05, 4.69) is 20.8 Å². The lowest BCUT2D eigenvalue weighted by Gasteiger charge is -2.27. The molecule has 1 N–H and O–H groups in total. The number of hydrogen-bond acceptors (Lipinski definition) is 6. The third-order valence-corrected chi connectivity index (χ3v) is 6.34. The Kier molecular flexibility index (Phi) is 11.2. The predicted octanol–water partition coefficient (Wildman–Crippen LogP) is 7.81. The minimum Gasteiger partial charge on any atom is -0.507 e. The van der Waals surface area contributed by atoms with Crippen LogP contribution >= 0.6 is 0 Å². The van der Waals surface area contributed by atoms with Crippen LogP contribution in [0.25, 0.3) is 0 Å². The van der Waals surface area contributed by atoms with Gasteiger partial charge >= 0.3 is 0 Å². The number of ether oxygens (including phenoxy) is 4. The second kappa shape index (κ2) is 14.6. The van der Waals surface area contributed by atoms with Crippen molar-refractivity contribution in [3.63, 3.8) is 0 Å². The van der Waals surface area contributed by atoms with Gasteiger partial charge in [0.15, 0.2) is 17.3 Å². The Morgan fingerprint density at radius 1 is 0.806 bits per heavy atom. The molecule has 0 fully saturated rings. The summed E-state index contributed by atoms with van der Waals surface area (Å²) in [5, 5.41) is 10.5. The summed E-state index contributed by atoms with van der Waals surface area (Å²) in [6.45, 7) is 8.28. The van der Waals surface area contributed by atoms with Crippen molar-refractivity contribution < 1.29 is 28.8 Å². The van der Waals surface area contributed by atoms with E-state index in [4.69, 9.17) is 18.9 Å². The summed E-state index contributed by atoms with van der Waals surface area (Å²) in [5.74, 6) is 2.00. The maximum Gasteiger partial charge on any atom is 0.174 e. The lowest BCUT2D eigenvalue weighted by molar-refractivity contribution is 0.0844. The van der Waals surface area contributed by atoms with E-state index in [0.29, 0.717) is 42.8 Å². The molecule has 0 aliphatic carbocycles. The summed E-state index contributed by atoms with van der Waals surface area (Å²) in [7, 11) is 0. The van der Waals surface area contributed by atoms with Crippen LogP contribution in [0.1, 0.15) is 107 Å². The van der Waals surface area contributed by atoms with Crippen LogP contribution in [-0.2, 0) is 0 Å². The first-order chi connectivity index (χ1) is 17.6. The molecule has 36 heavy (non-hydrogen) atoms. The van der Waals surface area contributed by atoms with E-state index in [1.807, 2.05) is 18.2 Å². The fraction of sp³-hybridized carbons (Fsp3) is 0.567. The molecule has 2 aromatic rings. The van der Waals surface area contributed by atoms with Crippen molar-refractivity contribution in [1.29, 1.82) is 0 Å². The van der Waals surface area contributed by atoms with Crippen LogP contribution in [0.15, 0.2) is 30.3 Å². The average Bonchev–Trinajstić information content (AvgIpc) is 2.87. The molecule has 0 spiro atoms. The average molecular weight is 499 g/mol. The number of ketones is 1. The van der Waals surface area contributed by atoms with Gasteiger partial charge in [0.05, 0.1) is 26.2 Å². The Morgan fingerprint density at radius 2 is 1.42 bits per heavy atom. The molecule has 0 amide bonds. The van der Waals surface area contributed by atoms with Crippen molar-refractivity contribution in [3.8, 4) is 28.7 Å². The van der Waals surface area contributed by atoms with Crippen molar-refractivity contribution in [1.82, 2.24) is 0 Å². The van der Waals surface area contributed by atoms with Crippen LogP contribution in [0.5, 0.6) is 28.7 Å². The normalized spacial score (nSPS) is 14.8. The molecule has 2 aromatic carbocycles. The number of fused-ring (bicyclic) bond motifs is 1. The van der Waals surface area contributed by atoms with Gasteiger partial charge in [-0.05, 0) is 37.0 Å². The van der Waals surface area contributed by atoms with Crippen LogP contribution < -0.4 is 18.9 Å². The fourth-order valence-corrected chi connectivity index (χ4v) is 4.25. The van der Waals surface area contributed by atoms with Crippen LogP contribution in [0.3, 0.4) is 0 Å². The molecule has 0 saturated heterocycles. The van der Waals surface area contributed by atoms with E-state index in [0.717, 1.165) is 63.4 Å². The molecule has 3 rings (SSSR count). The summed E-state index contributed by atoms with van der Waals surface area (Å²) in [4.78, 5) is 13.0. The second-order valence-electron chi connectivity index (χ2n) is 9.42. The van der Waals surface area contributed by atoms with E-state index in [-0.39, 0.29) is 23.5 Å². The SMILES string of the molecule is CCCCCOc1cc(O)c2c(c1)OC(c1ccc(OCCCCC)c(OCCCCC)c1)CC2=O. The maximum absolute atomic E-state index is 13.0. The highest BCUT2D eigenvalue weighted by Crippen LogP contribution is 2.43. The molecule has 198 valence electrons. The van der Waals surface area contributed by atoms with Gasteiger partial charge < -0.3 is 24.1 Å². The van der Waals surface area contributed by atoms with Crippen molar-refractivity contribution in [3.05, 3.63) is 41.5 Å². The first kappa shape index (κ1) is 27.7. The minimum absolute atomic E-state index is 0.0998. The molecular weight excluding hydrogens is 456 g/mol. The van der Waals surface area contributed by atoms with Crippen LogP contribution in [-0.4, -0.2) is 30.7 Å². The summed E-state index contributed by atoms with van der Waals surface area (Å²) in [6.07, 6.45) is 9.24. The topological polar surface area (TPSA) is 74.2 Å². The Labute approximate surface area is 215 Å². The van der Waals surface area contributed by atoms with Crippen LogP contribution in [0.4, 0.5) is 0 Å². The molecule has 6 nitrogen and oxygen atoms in total. The smallest absolute Gasteiger partial charge is 0.174 e. The Hall–Kier alpha value is -2.89. The predicted molar refractivity (Wildman–Crippen MR) is 142 cm³/mol. The van der Waals surface area contributed by atoms with E-state index < -0.39 is 6.10 Å². The standard InChI is InChI=1S/C30H42O6/c1-4-7-10-15-33-23-19-24(31)30-25(32)21-27(36-29(30)20-23)22-13-14-26(34-16-11-8-5-2)28(18-22)35-17-12-9-6-3/h13-14,18-20,27,31H,4-12,15-17,21H2,1-3H3. The number of aromatic hydroxyl groups is 1. The highest BCUT2D eigenvalue weighted by Gasteiger charge is 2.31. The van der Waals surface area contributed by atoms with Gasteiger partial charge in [0, 0.05) is 12.1 Å². The first-order valence-electron chi connectivity index (χ1n) is 13.7. The number of phenols is 1. The molecule has 0 bridgehead atoms. The molecule has 1 aliphatic heterocycles. The number of phenolic OH excluding ortho intramolecular Hbond substituents is 1. The number of hydrogen-bond donors (Lipinski definition) is 1. The molecular formula is C30H42O6. The van der Waals surface area contributed by atoms with E-state index in [1.54, 1.807) is 6.07 Å². The third kappa shape index (κ3) is 7.81. The molecule has 0 aromatic heterocycles. The summed E-state index contributed by atoms with van der Waals surface area (Å²) in [6, 6.07) is 8.97. The van der Waals surface area contributed by atoms with E-state index in [9.17, 15) is 9.90 Å². The summed E-state index contributed by atoms with van der Waals surface area (Å²) >= 11 is 0. The number of benzene rings is 2. The second-order valence-corrected chi connectivity index (χ2v) is 9.42. The number of carbonyl (C=O) groups is 1. The molecule has 6 heteroatoms. The van der Waals surface area contributed by atoms with Crippen molar-refractivity contribution in [2.45, 2.75) is 91.1 Å². The molecule has 1 unspecified atom stereocenters. The maximum atomic E-state index is 13.0. The first-order valence-corrected chi connectivity index (χ1v) is 13.7. The molecule has 0 saturated carbocycles. The zero-order chi connectivity index (χ0) is 25.8. The highest BCUT2D eigenvalue weighted by atomic mass is 16.5. The molecule has 1 aliphatic rings. The molecule has 1 heterocycles. The third-order valence-electron chi connectivity index (χ3n) is 6.34. The van der Waals surface area contributed by atoms with Gasteiger partial charge in [-0.25, -0.2) is 0 Å². The molecule has 0 radical (unpaired) electrons. The zero-order valence-electron chi connectivity index (χ0n) is 22.1. The van der Waals surface area contributed by atoms with Gasteiger partial charge in [-0.2, -0.15) is 0 Å². The van der Waals surface area contributed by atoms with Gasteiger partial charge in [0.2, 0.25) is 0 Å². The van der Waals surface area contributed by atoms with Crippen LogP contribution in [0, 0.1) is 0 Å². The number of unbranched alkanes of at least 4 members (excludes halogenated alkanes) is 6. The quantitative estimate of drug-likeness (QED) is 0.238. The van der Waals surface area contributed by atoms with E-state index in [1.165, 1.54) is 6.07 Å². The Morgan fingerprint density at radius 3 is 2.06 bits per heavy atom. The van der Waals surface area contributed by atoms with Gasteiger partial charge in [0.1, 0.15) is 28.9 Å². The molecule has 1 atom stereocenters. The monoisotopic (exact) mass is 498 g/mol. The van der Waals surface area contributed by atoms with Crippen molar-refractivity contribution in [2.24, 2.45) is 0 Å². The largest absolute Gasteiger partial charge is 0.507 e. The highest BCUT2D eigenvalue weighted by molar-refractivity contribution is 6.02. The Bertz CT molecular complexity index is 970. The minimum atomic E-state index is -0.480. The number of carbonyl (C=O) groups excluding carboxylic acids is 1. The Balaban J connectivity index is 1.77. The van der Waals surface area contributed by atoms with Gasteiger partial charge in [0.25, 0.3) is 0 Å². The summed E-state index contributed by atoms with van der Waals surface area (Å²) in [5.41, 5.74) is 1.06. The van der Waals surface area contributed by atoms with Crippen molar-refractivity contribution in [2.75, 3.05) is 19.8 Å². The number of Topliss-reactive ketones (excluding diaryl/α,β-unsaturated/α-hetero) is 1. The van der Waals surface area contributed by atoms with Crippen LogP contribution in [0.2, 0.25) is 0 Å². The lowest BCUT2D eigenvalue weighted by atomic mass is 9.95. The van der Waals surface area contributed by atoms with Crippen molar-refractivity contribution >= 4 is 5.78 Å². The summed E-state index contributed by atoms with van der Waals surface area (Å²) < 4.78 is 24.1. The lowest BCUT2D eigenvalue weighted by Crippen LogP contribution is -2.21. The fourth-order valence-electron chi connectivity index (χ4n) is 4.25.